The number of halogens is 1. The van der Waals surface area contributed by atoms with Gasteiger partial charge in [0.1, 0.15) is 5.75 Å². The van der Waals surface area contributed by atoms with Crippen LogP contribution in [0.15, 0.2) is 29.3 Å². The quantitative estimate of drug-likeness (QED) is 0.667. The first-order chi connectivity index (χ1) is 8.45. The maximum atomic E-state index is 11.8. The van der Waals surface area contributed by atoms with Crippen LogP contribution >= 0.6 is 15.9 Å². The molecule has 18 heavy (non-hydrogen) atoms. The number of benzene rings is 1. The summed E-state index contributed by atoms with van der Waals surface area (Å²) in [7, 11) is 1.39. The van der Waals surface area contributed by atoms with E-state index in [0.29, 0.717) is 4.48 Å². The van der Waals surface area contributed by atoms with Crippen LogP contribution in [0.3, 0.4) is 0 Å². The molecule has 7 heteroatoms. The van der Waals surface area contributed by atoms with Crippen LogP contribution < -0.4 is 10.1 Å². The first-order valence-electron chi connectivity index (χ1n) is 4.89. The van der Waals surface area contributed by atoms with E-state index in [9.17, 15) is 14.9 Å². The van der Waals surface area contributed by atoms with Gasteiger partial charge in [-0.1, -0.05) is 22.5 Å². The second-order valence-electron chi connectivity index (χ2n) is 3.34. The Bertz CT molecular complexity index is 502. The van der Waals surface area contributed by atoms with Gasteiger partial charge in [-0.05, 0) is 6.07 Å². The fraction of sp³-hybridized carbons (Fsp3) is 0.182. The lowest BCUT2D eigenvalue weighted by Gasteiger charge is -2.08. The van der Waals surface area contributed by atoms with Crippen molar-refractivity contribution in [3.05, 3.63) is 44.9 Å². The van der Waals surface area contributed by atoms with Gasteiger partial charge in [-0.3, -0.25) is 14.9 Å². The largest absolute Gasteiger partial charge is 0.496 e. The van der Waals surface area contributed by atoms with E-state index in [1.54, 1.807) is 0 Å². The van der Waals surface area contributed by atoms with Crippen molar-refractivity contribution in [2.75, 3.05) is 13.7 Å². The molecule has 0 unspecified atom stereocenters. The van der Waals surface area contributed by atoms with Crippen LogP contribution in [-0.4, -0.2) is 24.5 Å². The van der Waals surface area contributed by atoms with Gasteiger partial charge in [-0.2, -0.15) is 0 Å². The van der Waals surface area contributed by atoms with Gasteiger partial charge >= 0.3 is 0 Å². The Morgan fingerprint density at radius 3 is 2.78 bits per heavy atom. The summed E-state index contributed by atoms with van der Waals surface area (Å²) in [4.78, 5) is 21.9. The molecule has 0 fully saturated rings. The summed E-state index contributed by atoms with van der Waals surface area (Å²) in [6.45, 7) is 3.80. The number of rotatable bonds is 5. The molecule has 1 rings (SSSR count). The van der Waals surface area contributed by atoms with Gasteiger partial charge in [-0.15, -0.1) is 0 Å². The van der Waals surface area contributed by atoms with Gasteiger partial charge in [-0.25, -0.2) is 0 Å². The molecule has 0 saturated carbocycles. The molecule has 0 spiro atoms. The van der Waals surface area contributed by atoms with E-state index in [1.807, 2.05) is 0 Å². The number of carbonyl (C=O) groups is 1. The van der Waals surface area contributed by atoms with Crippen molar-refractivity contribution < 1.29 is 14.5 Å². The smallest absolute Gasteiger partial charge is 0.270 e. The fourth-order valence-electron chi connectivity index (χ4n) is 1.26. The molecule has 0 saturated heterocycles. The first kappa shape index (κ1) is 14.2. The highest BCUT2D eigenvalue weighted by Crippen LogP contribution is 2.23. The number of nitro groups is 1. The highest BCUT2D eigenvalue weighted by molar-refractivity contribution is 9.11. The second kappa shape index (κ2) is 6.15. The molecule has 1 amide bonds. The molecular weight excluding hydrogens is 304 g/mol. The number of amides is 1. The number of nitrogens with one attached hydrogen (secondary N) is 1. The average Bonchev–Trinajstić information content (AvgIpc) is 2.34. The zero-order chi connectivity index (χ0) is 13.7. The Morgan fingerprint density at radius 1 is 1.61 bits per heavy atom. The molecule has 0 aliphatic heterocycles. The van der Waals surface area contributed by atoms with Crippen LogP contribution in [0.2, 0.25) is 0 Å². The normalized spacial score (nSPS) is 9.67. The minimum absolute atomic E-state index is 0.112. The third-order valence-electron chi connectivity index (χ3n) is 2.08. The standard InChI is InChI=1S/C11H11BrN2O4/c1-7(12)6-13-11(15)9-5-8(14(16)17)3-4-10(9)18-2/h3-5H,1,6H2,2H3,(H,13,15). The molecule has 0 aromatic heterocycles. The van der Waals surface area contributed by atoms with Gasteiger partial charge in [0, 0.05) is 23.2 Å². The second-order valence-corrected chi connectivity index (χ2v) is 4.46. The number of ether oxygens (including phenoxy) is 1. The van der Waals surface area contributed by atoms with Crippen LogP contribution in [-0.2, 0) is 0 Å². The van der Waals surface area contributed by atoms with Crippen molar-refractivity contribution in [3.8, 4) is 5.75 Å². The average molecular weight is 315 g/mol. The predicted octanol–water partition coefficient (Wildman–Crippen LogP) is 2.24. The number of carbonyl (C=O) groups excluding carboxylic acids is 1. The zero-order valence-electron chi connectivity index (χ0n) is 9.60. The number of non-ortho nitro benzene ring substituents is 1. The summed E-state index contributed by atoms with van der Waals surface area (Å²) in [5, 5.41) is 13.2. The molecule has 1 N–H and O–H groups in total. The maximum Gasteiger partial charge on any atom is 0.270 e. The lowest BCUT2D eigenvalue weighted by atomic mass is 10.1. The molecule has 6 nitrogen and oxygen atoms in total. The van der Waals surface area contributed by atoms with E-state index in [0.717, 1.165) is 0 Å². The fourth-order valence-corrected chi connectivity index (χ4v) is 1.40. The highest BCUT2D eigenvalue weighted by Gasteiger charge is 2.17. The van der Waals surface area contributed by atoms with E-state index in [1.165, 1.54) is 25.3 Å². The molecule has 96 valence electrons. The Balaban J connectivity index is 3.03. The summed E-state index contributed by atoms with van der Waals surface area (Å²) in [6.07, 6.45) is 0. The van der Waals surface area contributed by atoms with Crippen LogP contribution in [0.5, 0.6) is 5.75 Å². The van der Waals surface area contributed by atoms with Gasteiger partial charge in [0.15, 0.2) is 0 Å². The van der Waals surface area contributed by atoms with E-state index < -0.39 is 10.8 Å². The molecular formula is C11H11BrN2O4. The van der Waals surface area contributed by atoms with E-state index in [-0.39, 0.29) is 23.5 Å². The van der Waals surface area contributed by atoms with Crippen LogP contribution in [0.25, 0.3) is 0 Å². The van der Waals surface area contributed by atoms with Crippen molar-refractivity contribution in [1.29, 1.82) is 0 Å². The van der Waals surface area contributed by atoms with Gasteiger partial charge in [0.05, 0.1) is 17.6 Å². The lowest BCUT2D eigenvalue weighted by molar-refractivity contribution is -0.384. The Hall–Kier alpha value is -1.89. The van der Waals surface area contributed by atoms with Crippen molar-refractivity contribution >= 4 is 27.5 Å². The van der Waals surface area contributed by atoms with Crippen molar-refractivity contribution in [2.24, 2.45) is 0 Å². The summed E-state index contributed by atoms with van der Waals surface area (Å²) in [5.41, 5.74) is -0.0564. The lowest BCUT2D eigenvalue weighted by Crippen LogP contribution is -2.25. The molecule has 0 heterocycles. The third-order valence-corrected chi connectivity index (χ3v) is 2.36. The third kappa shape index (κ3) is 3.56. The molecule has 0 bridgehead atoms. The number of hydrogen-bond acceptors (Lipinski definition) is 4. The zero-order valence-corrected chi connectivity index (χ0v) is 11.2. The molecule has 1 aromatic rings. The van der Waals surface area contributed by atoms with Crippen LogP contribution in [0, 0.1) is 10.1 Å². The number of hydrogen-bond donors (Lipinski definition) is 1. The minimum Gasteiger partial charge on any atom is -0.496 e. The summed E-state index contributed by atoms with van der Waals surface area (Å²) >= 11 is 3.10. The molecule has 0 aliphatic carbocycles. The maximum absolute atomic E-state index is 11.8. The van der Waals surface area contributed by atoms with Gasteiger partial charge in [0.25, 0.3) is 11.6 Å². The van der Waals surface area contributed by atoms with Crippen molar-refractivity contribution in [3.63, 3.8) is 0 Å². The molecule has 0 radical (unpaired) electrons. The summed E-state index contributed by atoms with van der Waals surface area (Å²) in [5.74, 6) is -0.186. The predicted molar refractivity (Wildman–Crippen MR) is 70.0 cm³/mol. The Kier molecular flexibility index (Phi) is 4.85. The molecule has 0 aliphatic rings. The molecule has 1 aromatic carbocycles. The van der Waals surface area contributed by atoms with E-state index in [2.05, 4.69) is 27.8 Å². The van der Waals surface area contributed by atoms with E-state index >= 15 is 0 Å². The number of nitrogens with zero attached hydrogens (tertiary/aromatic N) is 1. The summed E-state index contributed by atoms with van der Waals surface area (Å²) in [6, 6.07) is 3.83. The minimum atomic E-state index is -0.570. The Morgan fingerprint density at radius 2 is 2.28 bits per heavy atom. The topological polar surface area (TPSA) is 81.5 Å². The van der Waals surface area contributed by atoms with Crippen molar-refractivity contribution in [2.45, 2.75) is 0 Å². The SMILES string of the molecule is C=C(Br)CNC(=O)c1cc([N+](=O)[O-])ccc1OC. The highest BCUT2D eigenvalue weighted by atomic mass is 79.9. The number of nitro benzene ring substituents is 1. The first-order valence-corrected chi connectivity index (χ1v) is 5.69. The molecule has 0 atom stereocenters. The van der Waals surface area contributed by atoms with Crippen LogP contribution in [0.4, 0.5) is 5.69 Å². The van der Waals surface area contributed by atoms with Gasteiger partial charge < -0.3 is 10.1 Å². The number of methoxy groups -OCH3 is 1. The monoisotopic (exact) mass is 314 g/mol. The van der Waals surface area contributed by atoms with Gasteiger partial charge in [0.2, 0.25) is 0 Å². The van der Waals surface area contributed by atoms with Crippen molar-refractivity contribution in [1.82, 2.24) is 5.32 Å². The van der Waals surface area contributed by atoms with Crippen LogP contribution in [0.1, 0.15) is 10.4 Å². The van der Waals surface area contributed by atoms with E-state index in [4.69, 9.17) is 4.74 Å². The Labute approximate surface area is 112 Å². The summed E-state index contributed by atoms with van der Waals surface area (Å²) < 4.78 is 5.59.